The number of hydrogen-bond donors (Lipinski definition) is 1. The number of rotatable bonds is 5. The van der Waals surface area contributed by atoms with Gasteiger partial charge in [0.05, 0.1) is 23.2 Å². The van der Waals surface area contributed by atoms with Crippen LogP contribution in [0.15, 0.2) is 53.7 Å². The zero-order valence-corrected chi connectivity index (χ0v) is 15.4. The molecule has 2 aromatic carbocycles. The molecule has 1 aromatic heterocycles. The summed E-state index contributed by atoms with van der Waals surface area (Å²) < 4.78 is 40.4. The summed E-state index contributed by atoms with van der Waals surface area (Å²) in [5.41, 5.74) is -0.745. The molecule has 14 heteroatoms. The molecular formula is C15H12N6O7S. The normalized spacial score (nSPS) is 11.1. The van der Waals surface area contributed by atoms with Crippen molar-refractivity contribution in [3.05, 3.63) is 58.9 Å². The number of carbonyl (C=O) groups is 1. The van der Waals surface area contributed by atoms with Crippen molar-refractivity contribution in [3.8, 4) is 11.4 Å². The molecule has 0 fully saturated rings. The lowest BCUT2D eigenvalue weighted by Gasteiger charge is -2.11. The number of anilines is 1. The van der Waals surface area contributed by atoms with E-state index in [4.69, 9.17) is 4.74 Å². The van der Waals surface area contributed by atoms with Crippen LogP contribution in [0.25, 0.3) is 5.69 Å². The van der Waals surface area contributed by atoms with E-state index >= 15 is 0 Å². The van der Waals surface area contributed by atoms with Crippen molar-refractivity contribution in [2.75, 3.05) is 12.4 Å². The molecule has 0 unspecified atom stereocenters. The summed E-state index contributed by atoms with van der Waals surface area (Å²) >= 11 is 0. The molecule has 0 aliphatic carbocycles. The fourth-order valence-corrected chi connectivity index (χ4v) is 3.06. The van der Waals surface area contributed by atoms with E-state index in [9.17, 15) is 27.9 Å². The molecule has 1 heterocycles. The second kappa shape index (κ2) is 7.61. The van der Waals surface area contributed by atoms with E-state index in [0.29, 0.717) is 11.8 Å². The minimum Gasteiger partial charge on any atom is -0.744 e. The van der Waals surface area contributed by atoms with Gasteiger partial charge in [-0.3, -0.25) is 10.1 Å². The Morgan fingerprint density at radius 3 is 2.55 bits per heavy atom. The van der Waals surface area contributed by atoms with E-state index in [1.165, 1.54) is 7.11 Å². The first-order chi connectivity index (χ1) is 13.7. The Kier molecular flexibility index (Phi) is 5.20. The molecule has 1 N–H and O–H groups in total. The van der Waals surface area contributed by atoms with Crippen molar-refractivity contribution in [1.82, 2.24) is 15.0 Å². The Labute approximate surface area is 163 Å². The van der Waals surface area contributed by atoms with Gasteiger partial charge in [0, 0.05) is 11.8 Å². The predicted octanol–water partition coefficient (Wildman–Crippen LogP) is 0.456. The molecule has 0 spiro atoms. The monoisotopic (exact) mass is 420 g/mol. The number of para-hydroxylation sites is 1. The fourth-order valence-electron chi connectivity index (χ4n) is 2.42. The lowest BCUT2D eigenvalue weighted by atomic mass is 10.2. The third-order valence-corrected chi connectivity index (χ3v) is 4.54. The smallest absolute Gasteiger partial charge is 0.367 e. The highest BCUT2D eigenvalue weighted by Gasteiger charge is 2.29. The van der Waals surface area contributed by atoms with Crippen LogP contribution in [-0.4, -0.2) is 46.0 Å². The summed E-state index contributed by atoms with van der Waals surface area (Å²) in [6.45, 7) is 0. The summed E-state index contributed by atoms with van der Waals surface area (Å²) in [5.74, 6) is -0.212. The van der Waals surface area contributed by atoms with Gasteiger partial charge in [-0.2, -0.15) is 0 Å². The molecule has 3 aromatic rings. The first-order valence-corrected chi connectivity index (χ1v) is 9.15. The number of benzene rings is 2. The van der Waals surface area contributed by atoms with Crippen LogP contribution in [0.2, 0.25) is 0 Å². The number of aromatic nitrogens is 4. The third kappa shape index (κ3) is 4.02. The van der Waals surface area contributed by atoms with E-state index in [1.807, 2.05) is 0 Å². The lowest BCUT2D eigenvalue weighted by molar-refractivity contribution is -0.731. The molecule has 0 bridgehead atoms. The molecule has 0 aliphatic rings. The van der Waals surface area contributed by atoms with Gasteiger partial charge < -0.3 is 14.6 Å². The minimum absolute atomic E-state index is 0.212. The summed E-state index contributed by atoms with van der Waals surface area (Å²) in [4.78, 5) is 22.4. The number of carbonyl (C=O) groups excluding carboxylic acids is 1. The highest BCUT2D eigenvalue weighted by atomic mass is 32.2. The number of nitrogens with one attached hydrogen (secondary N) is 1. The molecule has 0 radical (unpaired) electrons. The van der Waals surface area contributed by atoms with Gasteiger partial charge in [-0.15, -0.1) is 0 Å². The molecule has 0 saturated carbocycles. The molecule has 1 amide bonds. The van der Waals surface area contributed by atoms with Crippen LogP contribution in [0.5, 0.6) is 5.75 Å². The molecule has 0 saturated heterocycles. The third-order valence-electron chi connectivity index (χ3n) is 3.68. The number of amides is 1. The Morgan fingerprint density at radius 2 is 1.97 bits per heavy atom. The fraction of sp³-hybridized carbons (Fsp3) is 0.0667. The highest BCUT2D eigenvalue weighted by Crippen LogP contribution is 2.31. The summed E-state index contributed by atoms with van der Waals surface area (Å²) in [6, 6.07) is 9.11. The molecule has 29 heavy (non-hydrogen) atoms. The number of ether oxygens (including phenoxy) is 1. The van der Waals surface area contributed by atoms with Gasteiger partial charge in [-0.05, 0) is 16.9 Å². The number of methoxy groups -OCH3 is 1. The summed E-state index contributed by atoms with van der Waals surface area (Å²) in [7, 11) is -4.05. The standard InChI is InChI=1S/C15H12N6O7S/c1-28-13-7-12(21(23)24)14(29(25,26)27)8-11(13)20-18-16-9-19(20)15(22)17-10-5-3-2-4-6-10/h2-9H,1H3,(H-,17,22,25,26,27). The van der Waals surface area contributed by atoms with Gasteiger partial charge in [0.25, 0.3) is 12.0 Å². The Morgan fingerprint density at radius 1 is 1.28 bits per heavy atom. The summed E-state index contributed by atoms with van der Waals surface area (Å²) in [5, 5.41) is 21.0. The van der Waals surface area contributed by atoms with E-state index in [-0.39, 0.29) is 11.4 Å². The van der Waals surface area contributed by atoms with Crippen LogP contribution in [0.3, 0.4) is 0 Å². The number of nitrogens with zero attached hydrogens (tertiary/aromatic N) is 5. The molecule has 0 atom stereocenters. The topological polar surface area (TPSA) is 173 Å². The molecule has 13 nitrogen and oxygen atoms in total. The van der Waals surface area contributed by atoms with Crippen molar-refractivity contribution in [2.45, 2.75) is 4.90 Å². The zero-order chi connectivity index (χ0) is 21.2. The Hall–Kier alpha value is -3.91. The largest absolute Gasteiger partial charge is 0.744 e. The van der Waals surface area contributed by atoms with Crippen LogP contribution >= 0.6 is 0 Å². The molecule has 0 aliphatic heterocycles. The number of nitro benzene ring substituents is 1. The van der Waals surface area contributed by atoms with E-state index in [1.54, 1.807) is 30.3 Å². The second-order valence-corrected chi connectivity index (χ2v) is 6.80. The lowest BCUT2D eigenvalue weighted by Crippen LogP contribution is -2.48. The number of nitro groups is 1. The Bertz CT molecular complexity index is 1190. The molecule has 150 valence electrons. The van der Waals surface area contributed by atoms with Crippen LogP contribution in [0.4, 0.5) is 16.2 Å². The number of tetrazole rings is 1. The van der Waals surface area contributed by atoms with E-state index in [0.717, 1.165) is 21.9 Å². The maximum Gasteiger partial charge on any atom is 0.367 e. The van der Waals surface area contributed by atoms with Gasteiger partial charge in [-0.1, -0.05) is 22.9 Å². The van der Waals surface area contributed by atoms with Gasteiger partial charge in [-0.25, -0.2) is 13.2 Å². The van der Waals surface area contributed by atoms with Gasteiger partial charge in [0.15, 0.2) is 11.0 Å². The summed E-state index contributed by atoms with van der Waals surface area (Å²) in [6.07, 6.45) is 1.02. The van der Waals surface area contributed by atoms with Gasteiger partial charge >= 0.3 is 6.03 Å². The average Bonchev–Trinajstić information content (AvgIpc) is 3.16. The average molecular weight is 420 g/mol. The van der Waals surface area contributed by atoms with Crippen molar-refractivity contribution >= 4 is 27.5 Å². The van der Waals surface area contributed by atoms with E-state index < -0.39 is 31.7 Å². The number of hydrogen-bond acceptors (Lipinski definition) is 9. The Balaban J connectivity index is 2.14. The van der Waals surface area contributed by atoms with Crippen LogP contribution < -0.4 is 14.9 Å². The van der Waals surface area contributed by atoms with E-state index in [2.05, 4.69) is 15.6 Å². The maximum atomic E-state index is 12.5. The van der Waals surface area contributed by atoms with Crippen LogP contribution in [0.1, 0.15) is 0 Å². The quantitative estimate of drug-likeness (QED) is 0.202. The maximum absolute atomic E-state index is 12.5. The predicted molar refractivity (Wildman–Crippen MR) is 93.6 cm³/mol. The zero-order valence-electron chi connectivity index (χ0n) is 14.6. The van der Waals surface area contributed by atoms with Gasteiger partial charge in [0.2, 0.25) is 5.69 Å². The van der Waals surface area contributed by atoms with Crippen molar-refractivity contribution in [2.24, 2.45) is 0 Å². The second-order valence-electron chi connectivity index (χ2n) is 5.45. The van der Waals surface area contributed by atoms with Crippen molar-refractivity contribution in [1.29, 1.82) is 0 Å². The van der Waals surface area contributed by atoms with Gasteiger partial charge in [0.1, 0.15) is 15.0 Å². The minimum atomic E-state index is -5.22. The highest BCUT2D eigenvalue weighted by molar-refractivity contribution is 7.85. The van der Waals surface area contributed by atoms with Crippen molar-refractivity contribution in [3.63, 3.8) is 0 Å². The first kappa shape index (κ1) is 19.8. The first-order valence-electron chi connectivity index (χ1n) is 7.74. The SMILES string of the molecule is COc1cc([N+](=O)[O-])c(S(=O)(=O)[O-])cc1-[n+]1nncn1C(=O)Nc1ccccc1. The van der Waals surface area contributed by atoms with Crippen LogP contribution in [-0.2, 0) is 10.1 Å². The van der Waals surface area contributed by atoms with Crippen molar-refractivity contribution < 1.29 is 32.2 Å². The van der Waals surface area contributed by atoms with Crippen LogP contribution in [0, 0.1) is 10.1 Å². The molecule has 3 rings (SSSR count). The molecular weight excluding hydrogens is 408 g/mol.